The summed E-state index contributed by atoms with van der Waals surface area (Å²) >= 11 is 3.32. The van der Waals surface area contributed by atoms with Crippen LogP contribution in [0.4, 0.5) is 5.82 Å². The van der Waals surface area contributed by atoms with E-state index in [1.807, 2.05) is 6.07 Å². The van der Waals surface area contributed by atoms with E-state index in [1.54, 1.807) is 17.2 Å². The summed E-state index contributed by atoms with van der Waals surface area (Å²) in [6.45, 7) is 1.14. The van der Waals surface area contributed by atoms with Crippen molar-refractivity contribution in [2.45, 2.75) is 44.1 Å². The fourth-order valence-corrected chi connectivity index (χ4v) is 3.82. The number of carbonyl (C=O) groups is 2. The van der Waals surface area contributed by atoms with E-state index in [9.17, 15) is 9.59 Å². The van der Waals surface area contributed by atoms with Gasteiger partial charge in [0.2, 0.25) is 11.8 Å². The Morgan fingerprint density at radius 1 is 1.23 bits per heavy atom. The van der Waals surface area contributed by atoms with Crippen LogP contribution in [-0.2, 0) is 9.59 Å². The van der Waals surface area contributed by atoms with Crippen molar-refractivity contribution in [3.8, 4) is 0 Å². The van der Waals surface area contributed by atoms with Crippen LogP contribution in [0.5, 0.6) is 0 Å². The number of halogens is 3. The fourth-order valence-electron chi connectivity index (χ4n) is 3.59. The van der Waals surface area contributed by atoms with Crippen LogP contribution >= 0.6 is 40.7 Å². The Hall–Kier alpha value is -0.890. The maximum Gasteiger partial charge on any atom is 0.242 e. The van der Waals surface area contributed by atoms with Gasteiger partial charge in [-0.1, -0.05) is 12.8 Å². The molecule has 0 aromatic carbocycles. The van der Waals surface area contributed by atoms with Crippen molar-refractivity contribution in [1.82, 2.24) is 9.88 Å². The second-order valence-corrected chi connectivity index (χ2v) is 7.72. The molecule has 0 spiro atoms. The van der Waals surface area contributed by atoms with Crippen molar-refractivity contribution in [3.05, 3.63) is 22.8 Å². The number of anilines is 1. The minimum Gasteiger partial charge on any atom is -0.340 e. The topological polar surface area (TPSA) is 88.3 Å². The van der Waals surface area contributed by atoms with Gasteiger partial charge in [0.25, 0.3) is 0 Å². The van der Waals surface area contributed by atoms with Gasteiger partial charge in [0.1, 0.15) is 5.82 Å². The molecule has 2 aliphatic rings. The number of carbonyl (C=O) groups excluding carboxylic acids is 2. The molecule has 146 valence electrons. The number of hydrogen-bond acceptors (Lipinski definition) is 4. The number of rotatable bonds is 3. The van der Waals surface area contributed by atoms with E-state index in [2.05, 4.69) is 26.2 Å². The van der Waals surface area contributed by atoms with E-state index in [-0.39, 0.29) is 42.5 Å². The van der Waals surface area contributed by atoms with Crippen molar-refractivity contribution in [1.29, 1.82) is 0 Å². The Kier molecular flexibility index (Phi) is 8.79. The molecule has 3 N–H and O–H groups in total. The third-order valence-electron chi connectivity index (χ3n) is 4.98. The second-order valence-electron chi connectivity index (χ2n) is 6.80. The number of pyridine rings is 1. The summed E-state index contributed by atoms with van der Waals surface area (Å²) in [4.78, 5) is 31.2. The van der Waals surface area contributed by atoms with Gasteiger partial charge in [0, 0.05) is 23.8 Å². The van der Waals surface area contributed by atoms with Gasteiger partial charge in [-0.05, 0) is 53.7 Å². The van der Waals surface area contributed by atoms with Gasteiger partial charge < -0.3 is 16.0 Å². The summed E-state index contributed by atoms with van der Waals surface area (Å²) in [5, 5.41) is 2.84. The van der Waals surface area contributed by atoms with E-state index in [4.69, 9.17) is 5.73 Å². The quantitative estimate of drug-likeness (QED) is 0.714. The molecule has 3 rings (SSSR count). The molecule has 1 saturated heterocycles. The Balaban J connectivity index is 0.00000169. The van der Waals surface area contributed by atoms with Crippen molar-refractivity contribution >= 4 is 58.4 Å². The molecule has 2 fully saturated rings. The SMILES string of the molecule is Cl.Cl.NC1(C(=O)N2CCCC(C(=O)Nc3ccc(Br)cn3)C2)CCCC1. The van der Waals surface area contributed by atoms with Crippen molar-refractivity contribution in [3.63, 3.8) is 0 Å². The third kappa shape index (κ3) is 5.31. The number of aromatic nitrogens is 1. The van der Waals surface area contributed by atoms with Gasteiger partial charge in [0.05, 0.1) is 11.5 Å². The lowest BCUT2D eigenvalue weighted by molar-refractivity contribution is -0.139. The third-order valence-corrected chi connectivity index (χ3v) is 5.45. The largest absolute Gasteiger partial charge is 0.340 e. The van der Waals surface area contributed by atoms with E-state index in [0.29, 0.717) is 18.9 Å². The number of piperidine rings is 1. The van der Waals surface area contributed by atoms with E-state index >= 15 is 0 Å². The molecule has 1 unspecified atom stereocenters. The lowest BCUT2D eigenvalue weighted by atomic mass is 9.92. The predicted molar refractivity (Wildman–Crippen MR) is 110 cm³/mol. The van der Waals surface area contributed by atoms with Crippen molar-refractivity contribution in [2.24, 2.45) is 11.7 Å². The number of nitrogens with zero attached hydrogens (tertiary/aromatic N) is 2. The van der Waals surface area contributed by atoms with Crippen molar-refractivity contribution < 1.29 is 9.59 Å². The molecule has 1 aromatic rings. The molecule has 9 heteroatoms. The first-order chi connectivity index (χ1) is 11.5. The molecule has 0 radical (unpaired) electrons. The van der Waals surface area contributed by atoms with Crippen LogP contribution in [0.1, 0.15) is 38.5 Å². The Morgan fingerprint density at radius 2 is 1.92 bits per heavy atom. The lowest BCUT2D eigenvalue weighted by Gasteiger charge is -2.36. The van der Waals surface area contributed by atoms with Crippen LogP contribution in [0.25, 0.3) is 0 Å². The number of nitrogens with one attached hydrogen (secondary N) is 1. The minimum atomic E-state index is -0.717. The number of nitrogens with two attached hydrogens (primary N) is 1. The van der Waals surface area contributed by atoms with Gasteiger partial charge in [-0.3, -0.25) is 9.59 Å². The average Bonchev–Trinajstić information content (AvgIpc) is 3.04. The number of hydrogen-bond donors (Lipinski definition) is 2. The highest BCUT2D eigenvalue weighted by Crippen LogP contribution is 2.30. The van der Waals surface area contributed by atoms with Gasteiger partial charge >= 0.3 is 0 Å². The Labute approximate surface area is 174 Å². The standard InChI is InChI=1S/C17H23BrN4O2.2ClH/c18-13-5-6-14(20-10-13)21-15(23)12-4-3-9-22(11-12)16(24)17(19)7-1-2-8-17;;/h5-6,10,12H,1-4,7-9,11,19H2,(H,20,21,23);2*1H. The molecule has 1 aromatic heterocycles. The summed E-state index contributed by atoms with van der Waals surface area (Å²) in [6.07, 6.45) is 6.77. The molecular weight excluding hydrogens is 443 g/mol. The Bertz CT molecular complexity index is 624. The van der Waals surface area contributed by atoms with Crippen LogP contribution in [0.3, 0.4) is 0 Å². The fraction of sp³-hybridized carbons (Fsp3) is 0.588. The summed E-state index contributed by atoms with van der Waals surface area (Å²) < 4.78 is 0.861. The van der Waals surface area contributed by atoms with Gasteiger partial charge in [-0.2, -0.15) is 0 Å². The molecule has 2 heterocycles. The first-order valence-electron chi connectivity index (χ1n) is 8.49. The van der Waals surface area contributed by atoms with Crippen LogP contribution in [0.2, 0.25) is 0 Å². The highest BCUT2D eigenvalue weighted by molar-refractivity contribution is 9.10. The van der Waals surface area contributed by atoms with E-state index in [0.717, 1.165) is 43.0 Å². The summed E-state index contributed by atoms with van der Waals surface area (Å²) in [5.41, 5.74) is 5.57. The second kappa shape index (κ2) is 9.88. The highest BCUT2D eigenvalue weighted by atomic mass is 79.9. The molecular formula is C17H25BrCl2N4O2. The zero-order valence-corrected chi connectivity index (χ0v) is 17.7. The number of amides is 2. The molecule has 1 aliphatic carbocycles. The molecule has 0 bridgehead atoms. The molecule has 1 aliphatic heterocycles. The molecule has 26 heavy (non-hydrogen) atoms. The normalized spacial score (nSPS) is 21.3. The van der Waals surface area contributed by atoms with Gasteiger partial charge in [-0.25, -0.2) is 4.98 Å². The molecule has 6 nitrogen and oxygen atoms in total. The molecule has 1 atom stereocenters. The van der Waals surface area contributed by atoms with Crippen molar-refractivity contribution in [2.75, 3.05) is 18.4 Å². The average molecular weight is 468 g/mol. The minimum absolute atomic E-state index is 0. The van der Waals surface area contributed by atoms with Crippen LogP contribution < -0.4 is 11.1 Å². The van der Waals surface area contributed by atoms with E-state index < -0.39 is 5.54 Å². The van der Waals surface area contributed by atoms with Gasteiger partial charge in [0.15, 0.2) is 0 Å². The first kappa shape index (κ1) is 23.1. The summed E-state index contributed by atoms with van der Waals surface area (Å²) in [5.74, 6) is 0.245. The maximum absolute atomic E-state index is 12.7. The highest BCUT2D eigenvalue weighted by Gasteiger charge is 2.41. The maximum atomic E-state index is 12.7. The molecule has 2 amide bonds. The monoisotopic (exact) mass is 466 g/mol. The summed E-state index contributed by atoms with van der Waals surface area (Å²) in [7, 11) is 0. The van der Waals surface area contributed by atoms with E-state index in [1.165, 1.54) is 0 Å². The molecule has 1 saturated carbocycles. The number of likely N-dealkylation sites (tertiary alicyclic amines) is 1. The summed E-state index contributed by atoms with van der Waals surface area (Å²) in [6, 6.07) is 3.58. The first-order valence-corrected chi connectivity index (χ1v) is 9.28. The van der Waals surface area contributed by atoms with Crippen LogP contribution in [-0.4, -0.2) is 40.3 Å². The zero-order chi connectivity index (χ0) is 17.2. The van der Waals surface area contributed by atoms with Crippen LogP contribution in [0, 0.1) is 5.92 Å². The lowest BCUT2D eigenvalue weighted by Crippen LogP contribution is -2.56. The Morgan fingerprint density at radius 3 is 2.54 bits per heavy atom. The predicted octanol–water partition coefficient (Wildman–Crippen LogP) is 3.14. The van der Waals surface area contributed by atoms with Gasteiger partial charge in [-0.15, -0.1) is 24.8 Å². The smallest absolute Gasteiger partial charge is 0.242 e. The van der Waals surface area contributed by atoms with Crippen LogP contribution in [0.15, 0.2) is 22.8 Å². The zero-order valence-electron chi connectivity index (χ0n) is 14.4.